The van der Waals surface area contributed by atoms with Gasteiger partial charge in [-0.15, -0.1) is 0 Å². The number of hydrogen-bond donors (Lipinski definition) is 4. The van der Waals surface area contributed by atoms with Crippen LogP contribution in [0.25, 0.3) is 0 Å². The molecule has 3 amide bonds. The number of hydrogen-bond acceptors (Lipinski definition) is 8. The van der Waals surface area contributed by atoms with Crippen molar-refractivity contribution in [1.82, 2.24) is 14.6 Å². The average molecular weight is 486 g/mol. The number of β-amino-alcohol motifs (C(OH)–C–C–N with tert-alkyl or cyclic N) is 1. The standard InChI is InChI=1S/C20H25F2N5O5S/c1-11-2-3-12(16(22)15(11)21)10-32-18-14(17(23)29)19(33-26-18)25-20(30)24-8-13(28)9-27-4-6-31-7-5-27/h2-3,13,28H,4-10H2,1H3,(H2,23,29)(H2,24,25,30). The molecular weight excluding hydrogens is 460 g/mol. The first-order chi connectivity index (χ1) is 15.8. The second-order valence-electron chi connectivity index (χ2n) is 7.42. The van der Waals surface area contributed by atoms with Crippen LogP contribution in [-0.4, -0.2) is 71.8 Å². The number of urea groups is 1. The molecule has 1 atom stereocenters. The van der Waals surface area contributed by atoms with Crippen LogP contribution in [0.3, 0.4) is 0 Å². The van der Waals surface area contributed by atoms with Gasteiger partial charge in [-0.3, -0.25) is 15.0 Å². The number of rotatable bonds is 9. The van der Waals surface area contributed by atoms with Gasteiger partial charge in [-0.05, 0) is 24.0 Å². The monoisotopic (exact) mass is 485 g/mol. The van der Waals surface area contributed by atoms with Crippen LogP contribution in [0.5, 0.6) is 5.88 Å². The van der Waals surface area contributed by atoms with Crippen molar-refractivity contribution >= 4 is 28.5 Å². The van der Waals surface area contributed by atoms with Gasteiger partial charge in [0.2, 0.25) is 5.88 Å². The maximum absolute atomic E-state index is 14.0. The molecule has 1 aliphatic heterocycles. The molecule has 180 valence electrons. The van der Waals surface area contributed by atoms with Crippen molar-refractivity contribution in [1.29, 1.82) is 0 Å². The molecule has 1 aromatic heterocycles. The molecule has 0 bridgehead atoms. The van der Waals surface area contributed by atoms with E-state index < -0.39 is 36.3 Å². The van der Waals surface area contributed by atoms with Crippen molar-refractivity contribution < 1.29 is 33.0 Å². The van der Waals surface area contributed by atoms with Crippen LogP contribution < -0.4 is 21.1 Å². The molecule has 10 nitrogen and oxygen atoms in total. The Morgan fingerprint density at radius 3 is 2.76 bits per heavy atom. The number of aromatic nitrogens is 1. The van der Waals surface area contributed by atoms with Crippen molar-refractivity contribution in [2.45, 2.75) is 19.6 Å². The van der Waals surface area contributed by atoms with Crippen molar-refractivity contribution in [3.63, 3.8) is 0 Å². The third-order valence-electron chi connectivity index (χ3n) is 4.92. The van der Waals surface area contributed by atoms with Crippen molar-refractivity contribution in [2.24, 2.45) is 5.73 Å². The molecule has 2 heterocycles. The number of primary amides is 1. The fourth-order valence-electron chi connectivity index (χ4n) is 3.12. The molecule has 1 unspecified atom stereocenters. The quantitative estimate of drug-likeness (QED) is 0.419. The van der Waals surface area contributed by atoms with Crippen LogP contribution in [0.4, 0.5) is 18.6 Å². The van der Waals surface area contributed by atoms with Crippen LogP contribution in [-0.2, 0) is 11.3 Å². The summed E-state index contributed by atoms with van der Waals surface area (Å²) < 4.78 is 42.3. The number of nitrogens with zero attached hydrogens (tertiary/aromatic N) is 2. The number of aliphatic hydroxyl groups excluding tert-OH is 1. The summed E-state index contributed by atoms with van der Waals surface area (Å²) in [7, 11) is 0. The molecule has 3 rings (SSSR count). The Labute approximate surface area is 192 Å². The van der Waals surface area contributed by atoms with E-state index in [0.29, 0.717) is 32.8 Å². The fourth-order valence-corrected chi connectivity index (χ4v) is 3.86. The summed E-state index contributed by atoms with van der Waals surface area (Å²) in [5, 5.41) is 15.1. The van der Waals surface area contributed by atoms with Gasteiger partial charge in [-0.1, -0.05) is 12.1 Å². The number of benzene rings is 1. The van der Waals surface area contributed by atoms with Crippen molar-refractivity contribution in [3.8, 4) is 5.88 Å². The van der Waals surface area contributed by atoms with Gasteiger partial charge in [0.05, 0.1) is 19.3 Å². The summed E-state index contributed by atoms with van der Waals surface area (Å²) in [4.78, 5) is 26.1. The van der Waals surface area contributed by atoms with Crippen LogP contribution in [0.1, 0.15) is 21.5 Å². The van der Waals surface area contributed by atoms with E-state index in [4.69, 9.17) is 15.2 Å². The lowest BCUT2D eigenvalue weighted by Gasteiger charge is -2.28. The number of anilines is 1. The Bertz CT molecular complexity index is 999. The number of aryl methyl sites for hydroxylation is 1. The first-order valence-corrected chi connectivity index (χ1v) is 10.9. The molecule has 5 N–H and O–H groups in total. The van der Waals surface area contributed by atoms with Gasteiger partial charge in [0.25, 0.3) is 5.91 Å². The molecule has 1 saturated heterocycles. The molecule has 1 aromatic carbocycles. The summed E-state index contributed by atoms with van der Waals surface area (Å²) in [5.74, 6) is -3.17. The molecule has 33 heavy (non-hydrogen) atoms. The lowest BCUT2D eigenvalue weighted by Crippen LogP contribution is -2.45. The fraction of sp³-hybridized carbons (Fsp3) is 0.450. The van der Waals surface area contributed by atoms with Crippen LogP contribution in [0.15, 0.2) is 12.1 Å². The van der Waals surface area contributed by atoms with Crippen LogP contribution >= 0.6 is 11.5 Å². The number of nitrogens with one attached hydrogen (secondary N) is 2. The lowest BCUT2D eigenvalue weighted by atomic mass is 10.1. The molecule has 13 heteroatoms. The Balaban J connectivity index is 1.57. The van der Waals surface area contributed by atoms with Gasteiger partial charge in [0.15, 0.2) is 11.6 Å². The first kappa shape index (κ1) is 24.8. The van der Waals surface area contributed by atoms with E-state index >= 15 is 0 Å². The van der Waals surface area contributed by atoms with Gasteiger partial charge in [0.1, 0.15) is 17.2 Å². The van der Waals surface area contributed by atoms with Crippen molar-refractivity contribution in [2.75, 3.05) is 44.7 Å². The first-order valence-electron chi connectivity index (χ1n) is 10.1. The topological polar surface area (TPSA) is 139 Å². The number of nitrogens with two attached hydrogens (primary N) is 1. The Morgan fingerprint density at radius 1 is 1.33 bits per heavy atom. The smallest absolute Gasteiger partial charge is 0.320 e. The van der Waals surface area contributed by atoms with E-state index in [1.807, 2.05) is 4.90 Å². The summed E-state index contributed by atoms with van der Waals surface area (Å²) in [5.41, 5.74) is 5.28. The predicted molar refractivity (Wildman–Crippen MR) is 116 cm³/mol. The minimum absolute atomic E-state index is 0.0183. The summed E-state index contributed by atoms with van der Waals surface area (Å²) in [6.07, 6.45) is -0.797. The highest BCUT2D eigenvalue weighted by Gasteiger charge is 2.23. The molecular formula is C20H25F2N5O5S. The second-order valence-corrected chi connectivity index (χ2v) is 8.19. The van der Waals surface area contributed by atoms with Gasteiger partial charge in [-0.25, -0.2) is 13.6 Å². The number of ether oxygens (including phenoxy) is 2. The molecule has 0 spiro atoms. The average Bonchev–Trinajstić information content (AvgIpc) is 3.19. The van der Waals surface area contributed by atoms with E-state index in [9.17, 15) is 23.5 Å². The second kappa shape index (κ2) is 11.3. The Morgan fingerprint density at radius 2 is 2.06 bits per heavy atom. The number of carbonyl (C=O) groups excluding carboxylic acids is 2. The van der Waals surface area contributed by atoms with Crippen LogP contribution in [0.2, 0.25) is 0 Å². The predicted octanol–water partition coefficient (Wildman–Crippen LogP) is 1.22. The van der Waals surface area contributed by atoms with E-state index in [1.54, 1.807) is 0 Å². The normalized spacial score (nSPS) is 15.2. The number of amides is 3. The number of morpholine rings is 1. The van der Waals surface area contributed by atoms with Gasteiger partial charge < -0.3 is 25.6 Å². The zero-order valence-electron chi connectivity index (χ0n) is 17.9. The molecule has 0 radical (unpaired) electrons. The SMILES string of the molecule is Cc1ccc(COc2nsc(NC(=O)NCC(O)CN3CCOCC3)c2C(N)=O)c(F)c1F. The number of carbonyl (C=O) groups is 2. The minimum atomic E-state index is -1.06. The zero-order chi connectivity index (χ0) is 24.0. The van der Waals surface area contributed by atoms with Gasteiger partial charge >= 0.3 is 6.03 Å². The zero-order valence-corrected chi connectivity index (χ0v) is 18.7. The highest BCUT2D eigenvalue weighted by Crippen LogP contribution is 2.31. The van der Waals surface area contributed by atoms with Gasteiger partial charge in [-0.2, -0.15) is 4.37 Å². The number of halogens is 2. The van der Waals surface area contributed by atoms with Crippen molar-refractivity contribution in [3.05, 3.63) is 40.5 Å². The summed E-state index contributed by atoms with van der Waals surface area (Å²) in [6, 6.07) is 2.08. The Kier molecular flexibility index (Phi) is 8.49. The lowest BCUT2D eigenvalue weighted by molar-refractivity contribution is 0.0154. The third-order valence-corrected chi connectivity index (χ3v) is 5.67. The van der Waals surface area contributed by atoms with Crippen LogP contribution in [0, 0.1) is 18.6 Å². The minimum Gasteiger partial charge on any atom is -0.471 e. The summed E-state index contributed by atoms with van der Waals surface area (Å²) in [6.45, 7) is 3.99. The maximum Gasteiger partial charge on any atom is 0.320 e. The molecule has 0 aliphatic carbocycles. The molecule has 2 aromatic rings. The van der Waals surface area contributed by atoms with E-state index in [-0.39, 0.29) is 34.1 Å². The number of aliphatic hydroxyl groups is 1. The van der Waals surface area contributed by atoms with E-state index in [0.717, 1.165) is 11.5 Å². The van der Waals surface area contributed by atoms with E-state index in [2.05, 4.69) is 15.0 Å². The highest BCUT2D eigenvalue weighted by molar-refractivity contribution is 7.11. The molecule has 1 fully saturated rings. The molecule has 0 saturated carbocycles. The van der Waals surface area contributed by atoms with E-state index in [1.165, 1.54) is 19.1 Å². The van der Waals surface area contributed by atoms with Gasteiger partial charge in [0, 0.05) is 31.7 Å². The highest BCUT2D eigenvalue weighted by atomic mass is 32.1. The largest absolute Gasteiger partial charge is 0.471 e. The maximum atomic E-state index is 14.0. The molecule has 1 aliphatic rings. The summed E-state index contributed by atoms with van der Waals surface area (Å²) >= 11 is 0.740. The Hall–Kier alpha value is -2.87. The third kappa shape index (κ3) is 6.57.